The van der Waals surface area contributed by atoms with Gasteiger partial charge in [-0.05, 0) is 26.2 Å². The summed E-state index contributed by atoms with van der Waals surface area (Å²) >= 11 is 6.72. The zero-order valence-electron chi connectivity index (χ0n) is 12.1. The number of nitrogens with one attached hydrogen (secondary N) is 1. The standard InChI is InChI=1S/C13H21ClN2O3S2/c1-10-12(20-13(14)16-10)21(17,18)15-8-5-9-19-11-6-3-2-4-7-11/h11,15H,2-9H2,1H3. The Morgan fingerprint density at radius 1 is 1.38 bits per heavy atom. The van der Waals surface area contributed by atoms with Gasteiger partial charge in [0.2, 0.25) is 0 Å². The second kappa shape index (κ2) is 7.87. The number of aromatic nitrogens is 1. The van der Waals surface area contributed by atoms with E-state index in [1.807, 2.05) is 0 Å². The van der Waals surface area contributed by atoms with E-state index in [-0.39, 0.29) is 8.68 Å². The molecule has 120 valence electrons. The summed E-state index contributed by atoms with van der Waals surface area (Å²) in [4.78, 5) is 3.92. The van der Waals surface area contributed by atoms with E-state index < -0.39 is 10.0 Å². The molecule has 2 rings (SSSR count). The van der Waals surface area contributed by atoms with E-state index in [4.69, 9.17) is 16.3 Å². The van der Waals surface area contributed by atoms with Crippen LogP contribution in [0.4, 0.5) is 0 Å². The fraction of sp³-hybridized carbons (Fsp3) is 0.769. The quantitative estimate of drug-likeness (QED) is 0.765. The van der Waals surface area contributed by atoms with Crippen molar-refractivity contribution in [2.75, 3.05) is 13.2 Å². The molecule has 1 aromatic rings. The minimum absolute atomic E-state index is 0.195. The van der Waals surface area contributed by atoms with Crippen LogP contribution in [0, 0.1) is 6.92 Å². The second-order valence-electron chi connectivity index (χ2n) is 5.22. The van der Waals surface area contributed by atoms with Crippen LogP contribution in [0.25, 0.3) is 0 Å². The molecule has 21 heavy (non-hydrogen) atoms. The SMILES string of the molecule is Cc1nc(Cl)sc1S(=O)(=O)NCCCOC1CCCCC1. The summed E-state index contributed by atoms with van der Waals surface area (Å²) in [7, 11) is -3.51. The number of rotatable bonds is 7. The predicted molar refractivity (Wildman–Crippen MR) is 84.5 cm³/mol. The minimum atomic E-state index is -3.51. The van der Waals surface area contributed by atoms with Crippen molar-refractivity contribution < 1.29 is 13.2 Å². The molecule has 5 nitrogen and oxygen atoms in total. The van der Waals surface area contributed by atoms with E-state index in [9.17, 15) is 8.42 Å². The van der Waals surface area contributed by atoms with Crippen LogP contribution in [-0.4, -0.2) is 32.7 Å². The molecular formula is C13H21ClN2O3S2. The Bertz CT molecular complexity index is 554. The maximum absolute atomic E-state index is 12.1. The first-order chi connectivity index (χ1) is 9.99. The van der Waals surface area contributed by atoms with Crippen molar-refractivity contribution in [3.05, 3.63) is 10.2 Å². The summed E-state index contributed by atoms with van der Waals surface area (Å²) < 4.78 is 33.0. The highest BCUT2D eigenvalue weighted by Gasteiger charge is 2.21. The highest BCUT2D eigenvalue weighted by molar-refractivity contribution is 7.91. The molecule has 1 heterocycles. The summed E-state index contributed by atoms with van der Waals surface area (Å²) in [5.41, 5.74) is 0.441. The number of hydrogen-bond acceptors (Lipinski definition) is 5. The summed E-state index contributed by atoms with van der Waals surface area (Å²) in [6.07, 6.45) is 7.07. The minimum Gasteiger partial charge on any atom is -0.378 e. The van der Waals surface area contributed by atoms with Crippen molar-refractivity contribution in [2.45, 2.75) is 55.8 Å². The van der Waals surface area contributed by atoms with Gasteiger partial charge in [-0.25, -0.2) is 18.1 Å². The van der Waals surface area contributed by atoms with Crippen molar-refractivity contribution in [2.24, 2.45) is 0 Å². The van der Waals surface area contributed by atoms with E-state index >= 15 is 0 Å². The average Bonchev–Trinajstić information content (AvgIpc) is 2.79. The third-order valence-electron chi connectivity index (χ3n) is 3.49. The first kappa shape index (κ1) is 17.1. The van der Waals surface area contributed by atoms with Crippen LogP contribution in [0.15, 0.2) is 4.21 Å². The van der Waals surface area contributed by atoms with Gasteiger partial charge in [0.05, 0.1) is 11.8 Å². The van der Waals surface area contributed by atoms with Crippen LogP contribution in [0.2, 0.25) is 4.47 Å². The number of sulfonamides is 1. The lowest BCUT2D eigenvalue weighted by molar-refractivity contribution is 0.0278. The molecule has 1 aliphatic rings. The van der Waals surface area contributed by atoms with Crippen molar-refractivity contribution in [1.82, 2.24) is 9.71 Å². The number of aryl methyl sites for hydroxylation is 1. The van der Waals surface area contributed by atoms with Gasteiger partial charge in [0, 0.05) is 13.2 Å². The summed E-state index contributed by atoms with van der Waals surface area (Å²) in [5.74, 6) is 0. The average molecular weight is 353 g/mol. The maximum atomic E-state index is 12.1. The van der Waals surface area contributed by atoms with Gasteiger partial charge in [0.1, 0.15) is 0 Å². The van der Waals surface area contributed by atoms with E-state index in [1.165, 1.54) is 19.3 Å². The van der Waals surface area contributed by atoms with Gasteiger partial charge in [0.15, 0.2) is 8.68 Å². The Morgan fingerprint density at radius 2 is 2.10 bits per heavy atom. The molecule has 0 amide bonds. The van der Waals surface area contributed by atoms with Crippen molar-refractivity contribution in [3.8, 4) is 0 Å². The molecule has 1 aromatic heterocycles. The van der Waals surface area contributed by atoms with Gasteiger partial charge in [-0.1, -0.05) is 42.2 Å². The van der Waals surface area contributed by atoms with Crippen LogP contribution in [0.5, 0.6) is 0 Å². The molecule has 0 radical (unpaired) electrons. The molecule has 0 bridgehead atoms. The maximum Gasteiger partial charge on any atom is 0.251 e. The molecule has 8 heteroatoms. The van der Waals surface area contributed by atoms with Gasteiger partial charge in [0.25, 0.3) is 10.0 Å². The van der Waals surface area contributed by atoms with E-state index in [0.717, 1.165) is 24.2 Å². The van der Waals surface area contributed by atoms with Gasteiger partial charge >= 0.3 is 0 Å². The van der Waals surface area contributed by atoms with Gasteiger partial charge in [-0.3, -0.25) is 0 Å². The smallest absolute Gasteiger partial charge is 0.251 e. The summed E-state index contributed by atoms with van der Waals surface area (Å²) in [5, 5.41) is 0. The molecule has 0 aromatic carbocycles. The molecule has 0 unspecified atom stereocenters. The Balaban J connectivity index is 1.71. The summed E-state index contributed by atoms with van der Waals surface area (Å²) in [6.45, 7) is 2.60. The zero-order valence-corrected chi connectivity index (χ0v) is 14.5. The third-order valence-corrected chi connectivity index (χ3v) is 6.82. The second-order valence-corrected chi connectivity index (χ2v) is 8.77. The summed E-state index contributed by atoms with van der Waals surface area (Å²) in [6, 6.07) is 0. The molecule has 1 fully saturated rings. The predicted octanol–water partition coefficient (Wildman–Crippen LogP) is 3.12. The molecule has 0 atom stereocenters. The zero-order chi connectivity index (χ0) is 15.3. The topological polar surface area (TPSA) is 68.3 Å². The van der Waals surface area contributed by atoms with E-state index in [2.05, 4.69) is 9.71 Å². The first-order valence-electron chi connectivity index (χ1n) is 7.23. The van der Waals surface area contributed by atoms with Gasteiger partial charge < -0.3 is 4.74 Å². The lowest BCUT2D eigenvalue weighted by Gasteiger charge is -2.21. The third kappa shape index (κ3) is 5.17. The molecule has 1 N–H and O–H groups in total. The van der Waals surface area contributed by atoms with Crippen molar-refractivity contribution >= 4 is 33.0 Å². The van der Waals surface area contributed by atoms with E-state index in [0.29, 0.717) is 31.4 Å². The van der Waals surface area contributed by atoms with Crippen LogP contribution >= 0.6 is 22.9 Å². The lowest BCUT2D eigenvalue weighted by atomic mass is 9.98. The van der Waals surface area contributed by atoms with Crippen molar-refractivity contribution in [1.29, 1.82) is 0 Å². The largest absolute Gasteiger partial charge is 0.378 e. The normalized spacial score (nSPS) is 17.2. The Kier molecular flexibility index (Phi) is 6.43. The molecule has 1 aliphatic carbocycles. The van der Waals surface area contributed by atoms with Gasteiger partial charge in [-0.15, -0.1) is 0 Å². The Morgan fingerprint density at radius 3 is 2.71 bits per heavy atom. The molecule has 0 saturated heterocycles. The highest BCUT2D eigenvalue weighted by Crippen LogP contribution is 2.26. The lowest BCUT2D eigenvalue weighted by Crippen LogP contribution is -2.26. The number of ether oxygens (including phenoxy) is 1. The first-order valence-corrected chi connectivity index (χ1v) is 9.91. The van der Waals surface area contributed by atoms with Crippen LogP contribution in [0.3, 0.4) is 0 Å². The fourth-order valence-electron chi connectivity index (χ4n) is 2.43. The van der Waals surface area contributed by atoms with Crippen molar-refractivity contribution in [3.63, 3.8) is 0 Å². The molecular weight excluding hydrogens is 332 g/mol. The van der Waals surface area contributed by atoms with Crippen LogP contribution in [-0.2, 0) is 14.8 Å². The highest BCUT2D eigenvalue weighted by atomic mass is 35.5. The van der Waals surface area contributed by atoms with Crippen LogP contribution in [0.1, 0.15) is 44.2 Å². The number of hydrogen-bond donors (Lipinski definition) is 1. The molecule has 0 spiro atoms. The number of thiazole rings is 1. The van der Waals surface area contributed by atoms with Crippen LogP contribution < -0.4 is 4.72 Å². The van der Waals surface area contributed by atoms with Gasteiger partial charge in [-0.2, -0.15) is 0 Å². The van der Waals surface area contributed by atoms with E-state index in [1.54, 1.807) is 6.92 Å². The Hall–Kier alpha value is -0.210. The fourth-order valence-corrected chi connectivity index (χ4v) is 5.28. The number of halogens is 1. The number of nitrogens with zero attached hydrogens (tertiary/aromatic N) is 1. The Labute approximate surface area is 135 Å². The molecule has 0 aliphatic heterocycles. The monoisotopic (exact) mass is 352 g/mol. The molecule has 1 saturated carbocycles.